The molecule has 128 valence electrons. The first-order chi connectivity index (χ1) is 11.3. The van der Waals surface area contributed by atoms with Crippen molar-refractivity contribution in [1.29, 1.82) is 0 Å². The van der Waals surface area contributed by atoms with Crippen LogP contribution in [0.5, 0.6) is 0 Å². The van der Waals surface area contributed by atoms with Crippen molar-refractivity contribution >= 4 is 5.91 Å². The molecule has 2 aromatic heterocycles. The van der Waals surface area contributed by atoms with Crippen molar-refractivity contribution in [2.24, 2.45) is 7.05 Å². The van der Waals surface area contributed by atoms with Crippen LogP contribution in [0.25, 0.3) is 0 Å². The number of hydrogen-bond acceptors (Lipinski definition) is 6. The van der Waals surface area contributed by atoms with Gasteiger partial charge in [0.05, 0.1) is 0 Å². The van der Waals surface area contributed by atoms with Crippen LogP contribution in [0, 0.1) is 0 Å². The van der Waals surface area contributed by atoms with Crippen LogP contribution >= 0.6 is 0 Å². The van der Waals surface area contributed by atoms with Crippen LogP contribution < -0.4 is 5.56 Å². The standard InChI is InChI=1S/C13H12F3N5O3/c1-20-9(22)3-2-8(18-20)11(23)21-5-4-7(6-21)10-17-12(24-19-10)13(14,15)16/h2-3,7H,4-6H2,1H3/t7-/m0/s1. The first-order valence-electron chi connectivity index (χ1n) is 7.00. The lowest BCUT2D eigenvalue weighted by molar-refractivity contribution is -0.159. The lowest BCUT2D eigenvalue weighted by Gasteiger charge is -2.15. The highest BCUT2D eigenvalue weighted by molar-refractivity contribution is 5.92. The minimum absolute atomic E-state index is 0.0777. The Balaban J connectivity index is 1.73. The second kappa shape index (κ2) is 5.73. The molecule has 3 rings (SSSR count). The molecule has 0 N–H and O–H groups in total. The highest BCUT2D eigenvalue weighted by Gasteiger charge is 2.40. The number of halogens is 3. The topological polar surface area (TPSA) is 94.1 Å². The highest BCUT2D eigenvalue weighted by Crippen LogP contribution is 2.31. The van der Waals surface area contributed by atoms with Crippen LogP contribution in [0.3, 0.4) is 0 Å². The van der Waals surface area contributed by atoms with E-state index in [1.807, 2.05) is 0 Å². The van der Waals surface area contributed by atoms with Gasteiger partial charge in [-0.05, 0) is 12.5 Å². The van der Waals surface area contributed by atoms with E-state index < -0.39 is 23.9 Å². The lowest BCUT2D eigenvalue weighted by Crippen LogP contribution is -2.31. The largest absolute Gasteiger partial charge is 0.471 e. The van der Waals surface area contributed by atoms with Gasteiger partial charge in [-0.25, -0.2) is 4.68 Å². The maximum atomic E-state index is 12.5. The molecule has 11 heteroatoms. The summed E-state index contributed by atoms with van der Waals surface area (Å²) in [6, 6.07) is 2.54. The maximum absolute atomic E-state index is 12.5. The minimum atomic E-state index is -4.70. The van der Waals surface area contributed by atoms with Crippen LogP contribution in [0.1, 0.15) is 34.5 Å². The molecule has 0 aromatic carbocycles. The minimum Gasteiger partial charge on any atom is -0.336 e. The van der Waals surface area contributed by atoms with Crippen LogP contribution in [-0.2, 0) is 13.2 Å². The van der Waals surface area contributed by atoms with Gasteiger partial charge < -0.3 is 9.42 Å². The maximum Gasteiger partial charge on any atom is 0.471 e. The Bertz CT molecular complexity index is 829. The number of hydrogen-bond donors (Lipinski definition) is 0. The molecule has 1 fully saturated rings. The second-order valence-electron chi connectivity index (χ2n) is 5.37. The van der Waals surface area contributed by atoms with Gasteiger partial charge in [-0.2, -0.15) is 23.3 Å². The molecule has 24 heavy (non-hydrogen) atoms. The van der Waals surface area contributed by atoms with Crippen molar-refractivity contribution in [3.8, 4) is 0 Å². The molecule has 0 saturated carbocycles. The van der Waals surface area contributed by atoms with Crippen molar-refractivity contribution in [2.75, 3.05) is 13.1 Å². The fourth-order valence-electron chi connectivity index (χ4n) is 2.45. The van der Waals surface area contributed by atoms with E-state index in [9.17, 15) is 22.8 Å². The van der Waals surface area contributed by atoms with E-state index in [1.54, 1.807) is 0 Å². The predicted octanol–water partition coefficient (Wildman–Crippen LogP) is 0.812. The molecule has 3 heterocycles. The Kier molecular flexibility index (Phi) is 3.85. The monoisotopic (exact) mass is 343 g/mol. The summed E-state index contributed by atoms with van der Waals surface area (Å²) in [5.74, 6) is -2.33. The Morgan fingerprint density at radius 3 is 2.75 bits per heavy atom. The van der Waals surface area contributed by atoms with Gasteiger partial charge in [-0.15, -0.1) is 0 Å². The SMILES string of the molecule is Cn1nc(C(=O)N2CC[C@H](c3noc(C(F)(F)F)n3)C2)ccc1=O. The Hall–Kier alpha value is -2.72. The van der Waals surface area contributed by atoms with E-state index in [-0.39, 0.29) is 23.6 Å². The summed E-state index contributed by atoms with van der Waals surface area (Å²) in [6.07, 6.45) is -4.29. The Morgan fingerprint density at radius 1 is 1.38 bits per heavy atom. The van der Waals surface area contributed by atoms with Crippen LogP contribution in [0.4, 0.5) is 13.2 Å². The molecule has 0 spiro atoms. The average Bonchev–Trinajstić information content (AvgIpc) is 3.17. The van der Waals surface area contributed by atoms with Gasteiger partial charge in [0.15, 0.2) is 5.82 Å². The van der Waals surface area contributed by atoms with Crippen molar-refractivity contribution in [3.63, 3.8) is 0 Å². The normalized spacial score (nSPS) is 18.2. The van der Waals surface area contributed by atoms with E-state index in [2.05, 4.69) is 19.8 Å². The first kappa shape index (κ1) is 16.1. The van der Waals surface area contributed by atoms with Crippen molar-refractivity contribution < 1.29 is 22.5 Å². The molecule has 1 aliphatic heterocycles. The van der Waals surface area contributed by atoms with Crippen molar-refractivity contribution in [1.82, 2.24) is 24.8 Å². The zero-order valence-corrected chi connectivity index (χ0v) is 12.4. The summed E-state index contributed by atoms with van der Waals surface area (Å²) in [6.45, 7) is 0.476. The Morgan fingerprint density at radius 2 is 2.12 bits per heavy atom. The number of rotatable bonds is 2. The third kappa shape index (κ3) is 3.01. The average molecular weight is 343 g/mol. The number of likely N-dealkylation sites (tertiary alicyclic amines) is 1. The van der Waals surface area contributed by atoms with E-state index in [0.717, 1.165) is 4.68 Å². The summed E-state index contributed by atoms with van der Waals surface area (Å²) in [4.78, 5) is 28.4. The van der Waals surface area contributed by atoms with Crippen molar-refractivity contribution in [2.45, 2.75) is 18.5 Å². The summed E-state index contributed by atoms with van der Waals surface area (Å²) < 4.78 is 42.7. The summed E-state index contributed by atoms with van der Waals surface area (Å²) in [5.41, 5.74) is -0.265. The van der Waals surface area contributed by atoms with Gasteiger partial charge in [0.1, 0.15) is 5.69 Å². The molecule has 1 saturated heterocycles. The predicted molar refractivity (Wildman–Crippen MR) is 72.0 cm³/mol. The third-order valence-electron chi connectivity index (χ3n) is 3.70. The summed E-state index contributed by atoms with van der Waals surface area (Å²) in [7, 11) is 1.42. The zero-order chi connectivity index (χ0) is 17.5. The molecule has 1 atom stereocenters. The number of carbonyl (C=O) groups excluding carboxylic acids is 1. The van der Waals surface area contributed by atoms with Gasteiger partial charge >= 0.3 is 12.1 Å². The number of aryl methyl sites for hydroxylation is 1. The number of amides is 1. The third-order valence-corrected chi connectivity index (χ3v) is 3.70. The molecule has 0 aliphatic carbocycles. The molecule has 1 amide bonds. The number of alkyl halides is 3. The molecule has 2 aromatic rings. The van der Waals surface area contributed by atoms with Crippen LogP contribution in [-0.4, -0.2) is 43.8 Å². The van der Waals surface area contributed by atoms with Gasteiger partial charge in [-0.3, -0.25) is 9.59 Å². The highest BCUT2D eigenvalue weighted by atomic mass is 19.4. The van der Waals surface area contributed by atoms with E-state index in [4.69, 9.17) is 0 Å². The number of carbonyl (C=O) groups is 1. The summed E-state index contributed by atoms with van der Waals surface area (Å²) >= 11 is 0. The fraction of sp³-hybridized carbons (Fsp3) is 0.462. The smallest absolute Gasteiger partial charge is 0.336 e. The number of aromatic nitrogens is 4. The van der Waals surface area contributed by atoms with Crippen LogP contribution in [0.15, 0.2) is 21.5 Å². The molecule has 1 aliphatic rings. The molecule has 0 radical (unpaired) electrons. The molecule has 0 bridgehead atoms. The lowest BCUT2D eigenvalue weighted by atomic mass is 10.1. The second-order valence-corrected chi connectivity index (χ2v) is 5.37. The van der Waals surface area contributed by atoms with Gasteiger partial charge in [-0.1, -0.05) is 5.16 Å². The van der Waals surface area contributed by atoms with Gasteiger partial charge in [0.25, 0.3) is 11.5 Å². The first-order valence-corrected chi connectivity index (χ1v) is 7.00. The Labute approximate surface area is 132 Å². The van der Waals surface area contributed by atoms with E-state index in [0.29, 0.717) is 13.0 Å². The van der Waals surface area contributed by atoms with E-state index >= 15 is 0 Å². The number of nitrogens with zero attached hydrogens (tertiary/aromatic N) is 5. The fourth-order valence-corrected chi connectivity index (χ4v) is 2.45. The molecule has 0 unspecified atom stereocenters. The molecule has 8 nitrogen and oxygen atoms in total. The quantitative estimate of drug-likeness (QED) is 0.801. The van der Waals surface area contributed by atoms with Gasteiger partial charge in [0.2, 0.25) is 0 Å². The molecular weight excluding hydrogens is 331 g/mol. The van der Waals surface area contributed by atoms with Crippen molar-refractivity contribution in [3.05, 3.63) is 39.9 Å². The van der Waals surface area contributed by atoms with Crippen LogP contribution in [0.2, 0.25) is 0 Å². The molecular formula is C13H12F3N5O3. The zero-order valence-electron chi connectivity index (χ0n) is 12.4. The van der Waals surface area contributed by atoms with Gasteiger partial charge in [0, 0.05) is 32.1 Å². The van der Waals surface area contributed by atoms with E-state index in [1.165, 1.54) is 24.1 Å². The summed E-state index contributed by atoms with van der Waals surface area (Å²) in [5, 5.41) is 7.22.